The van der Waals surface area contributed by atoms with E-state index in [1.165, 1.54) is 25.7 Å². The van der Waals surface area contributed by atoms with Gasteiger partial charge >= 0.3 is 0 Å². The highest BCUT2D eigenvalue weighted by Gasteiger charge is 2.22. The molecule has 31 heavy (non-hydrogen) atoms. The number of anilines is 1. The maximum atomic E-state index is 5.42. The monoisotopic (exact) mass is 545 g/mol. The lowest BCUT2D eigenvalue weighted by Crippen LogP contribution is -2.50. The van der Waals surface area contributed by atoms with Gasteiger partial charge in [-0.2, -0.15) is 0 Å². The number of hydrogen-bond donors (Lipinski definition) is 2. The molecule has 0 spiro atoms. The zero-order valence-electron chi connectivity index (χ0n) is 19.5. The third-order valence-electron chi connectivity index (χ3n) is 6.47. The number of hydrogen-bond acceptors (Lipinski definition) is 5. The maximum Gasteiger partial charge on any atom is 0.191 e. The Hall–Kier alpha value is -1.42. The Balaban J connectivity index is 0.00000341. The van der Waals surface area contributed by atoms with Gasteiger partial charge < -0.3 is 29.9 Å². The minimum absolute atomic E-state index is 0. The highest BCUT2D eigenvalue weighted by molar-refractivity contribution is 14.0. The van der Waals surface area contributed by atoms with Crippen molar-refractivity contribution in [2.75, 3.05) is 59.4 Å². The van der Waals surface area contributed by atoms with Crippen molar-refractivity contribution < 1.29 is 9.47 Å². The molecule has 3 rings (SSSR count). The standard InChI is InChI=1S/C23H39N5O2.HI/c1-24-23(25-11-14-27(2)19-7-5-6-8-19)26-18-9-12-28(13-10-18)20-15-21(29-3)17-22(16-20)30-4;/h15-19H,5-14H2,1-4H3,(H2,24,25,26);1H. The molecule has 8 heteroatoms. The van der Waals surface area contributed by atoms with Gasteiger partial charge in [0.1, 0.15) is 11.5 Å². The molecule has 1 saturated carbocycles. The molecule has 1 aliphatic heterocycles. The van der Waals surface area contributed by atoms with Crippen LogP contribution < -0.4 is 25.0 Å². The molecule has 1 saturated heterocycles. The summed E-state index contributed by atoms with van der Waals surface area (Å²) >= 11 is 0. The largest absolute Gasteiger partial charge is 0.497 e. The van der Waals surface area contributed by atoms with Crippen molar-refractivity contribution in [2.24, 2.45) is 4.99 Å². The van der Waals surface area contributed by atoms with E-state index in [0.29, 0.717) is 6.04 Å². The van der Waals surface area contributed by atoms with Gasteiger partial charge in [-0.25, -0.2) is 0 Å². The number of nitrogens with zero attached hydrogens (tertiary/aromatic N) is 3. The van der Waals surface area contributed by atoms with Gasteiger partial charge in [0.2, 0.25) is 0 Å². The molecule has 0 radical (unpaired) electrons. The molecular weight excluding hydrogens is 505 g/mol. The Bertz CT molecular complexity index is 666. The number of likely N-dealkylation sites (N-methyl/N-ethyl adjacent to an activating group) is 1. The van der Waals surface area contributed by atoms with Crippen LogP contribution in [0.1, 0.15) is 38.5 Å². The van der Waals surface area contributed by atoms with Crippen molar-refractivity contribution in [2.45, 2.75) is 50.6 Å². The van der Waals surface area contributed by atoms with E-state index >= 15 is 0 Å². The lowest BCUT2D eigenvalue weighted by atomic mass is 10.0. The SMILES string of the molecule is CN=C(NCCN(C)C1CCCC1)NC1CCN(c2cc(OC)cc(OC)c2)CC1.I. The second kappa shape index (κ2) is 13.2. The number of piperidine rings is 1. The Morgan fingerprint density at radius 3 is 2.23 bits per heavy atom. The van der Waals surface area contributed by atoms with Crippen molar-refractivity contribution >= 4 is 35.6 Å². The van der Waals surface area contributed by atoms with Gasteiger partial charge in [0.25, 0.3) is 0 Å². The van der Waals surface area contributed by atoms with Gasteiger partial charge in [-0.1, -0.05) is 12.8 Å². The Labute approximate surface area is 205 Å². The number of halogens is 1. The average Bonchev–Trinajstić information content (AvgIpc) is 3.33. The average molecular weight is 546 g/mol. The molecule has 0 atom stereocenters. The van der Waals surface area contributed by atoms with Gasteiger partial charge in [-0.05, 0) is 32.7 Å². The molecule has 1 aromatic carbocycles. The summed E-state index contributed by atoms with van der Waals surface area (Å²) in [6.07, 6.45) is 7.60. The van der Waals surface area contributed by atoms with Crippen LogP contribution in [-0.2, 0) is 0 Å². The van der Waals surface area contributed by atoms with E-state index in [-0.39, 0.29) is 24.0 Å². The van der Waals surface area contributed by atoms with Crippen LogP contribution in [0.4, 0.5) is 5.69 Å². The normalized spacial score (nSPS) is 18.1. The molecule has 2 fully saturated rings. The van der Waals surface area contributed by atoms with Crippen LogP contribution in [0.3, 0.4) is 0 Å². The fourth-order valence-corrected chi connectivity index (χ4v) is 4.52. The minimum Gasteiger partial charge on any atom is -0.497 e. The number of ether oxygens (including phenoxy) is 2. The third kappa shape index (κ3) is 7.59. The molecule has 0 unspecified atom stereocenters. The lowest BCUT2D eigenvalue weighted by Gasteiger charge is -2.35. The van der Waals surface area contributed by atoms with Crippen LogP contribution in [0.15, 0.2) is 23.2 Å². The van der Waals surface area contributed by atoms with Gasteiger partial charge in [0.15, 0.2) is 5.96 Å². The quantitative estimate of drug-likeness (QED) is 0.297. The molecule has 0 amide bonds. The molecule has 1 heterocycles. The van der Waals surface area contributed by atoms with E-state index in [2.05, 4.69) is 44.6 Å². The van der Waals surface area contributed by atoms with Gasteiger partial charge in [0.05, 0.1) is 14.2 Å². The Morgan fingerprint density at radius 1 is 1.06 bits per heavy atom. The molecule has 2 aliphatic rings. The summed E-state index contributed by atoms with van der Waals surface area (Å²) in [6, 6.07) is 7.28. The molecule has 2 N–H and O–H groups in total. The first-order valence-electron chi connectivity index (χ1n) is 11.3. The second-order valence-electron chi connectivity index (χ2n) is 8.39. The van der Waals surface area contributed by atoms with E-state index in [1.807, 2.05) is 13.1 Å². The third-order valence-corrected chi connectivity index (χ3v) is 6.47. The van der Waals surface area contributed by atoms with E-state index in [4.69, 9.17) is 9.47 Å². The van der Waals surface area contributed by atoms with E-state index in [1.54, 1.807) is 14.2 Å². The molecule has 1 aliphatic carbocycles. The van der Waals surface area contributed by atoms with Crippen molar-refractivity contribution in [3.8, 4) is 11.5 Å². The molecule has 7 nitrogen and oxygen atoms in total. The van der Waals surface area contributed by atoms with Crippen molar-refractivity contribution in [3.05, 3.63) is 18.2 Å². The summed E-state index contributed by atoms with van der Waals surface area (Å²) in [6.45, 7) is 3.97. The van der Waals surface area contributed by atoms with E-state index in [0.717, 1.165) is 68.2 Å². The number of aliphatic imine (C=N–C) groups is 1. The number of benzene rings is 1. The summed E-state index contributed by atoms with van der Waals surface area (Å²) < 4.78 is 10.8. The molecule has 0 bridgehead atoms. The predicted octanol–water partition coefficient (Wildman–Crippen LogP) is 3.33. The Kier molecular flexibility index (Phi) is 11.0. The predicted molar refractivity (Wildman–Crippen MR) is 140 cm³/mol. The zero-order valence-corrected chi connectivity index (χ0v) is 21.9. The van der Waals surface area contributed by atoms with Gasteiger partial charge in [-0.15, -0.1) is 24.0 Å². The number of methoxy groups -OCH3 is 2. The van der Waals surface area contributed by atoms with Crippen LogP contribution in [0.25, 0.3) is 0 Å². The number of rotatable bonds is 8. The lowest BCUT2D eigenvalue weighted by molar-refractivity contribution is 0.249. The van der Waals surface area contributed by atoms with Gasteiger partial charge in [0, 0.05) is 69.2 Å². The van der Waals surface area contributed by atoms with Gasteiger partial charge in [-0.3, -0.25) is 4.99 Å². The van der Waals surface area contributed by atoms with Crippen LogP contribution in [0, 0.1) is 0 Å². The molecular formula is C23H40IN5O2. The van der Waals surface area contributed by atoms with Crippen LogP contribution in [0.2, 0.25) is 0 Å². The van der Waals surface area contributed by atoms with Crippen LogP contribution in [0.5, 0.6) is 11.5 Å². The fraction of sp³-hybridized carbons (Fsp3) is 0.696. The first-order chi connectivity index (χ1) is 14.6. The van der Waals surface area contributed by atoms with Crippen LogP contribution in [-0.4, -0.2) is 77.4 Å². The topological polar surface area (TPSA) is 61.4 Å². The smallest absolute Gasteiger partial charge is 0.191 e. The van der Waals surface area contributed by atoms with Crippen LogP contribution >= 0.6 is 24.0 Å². The highest BCUT2D eigenvalue weighted by Crippen LogP contribution is 2.30. The fourth-order valence-electron chi connectivity index (χ4n) is 4.52. The zero-order chi connectivity index (χ0) is 21.3. The summed E-state index contributed by atoms with van der Waals surface area (Å²) in [7, 11) is 7.49. The van der Waals surface area contributed by atoms with E-state index < -0.39 is 0 Å². The molecule has 176 valence electrons. The van der Waals surface area contributed by atoms with Crippen molar-refractivity contribution in [1.29, 1.82) is 0 Å². The summed E-state index contributed by atoms with van der Waals surface area (Å²) in [5.41, 5.74) is 1.15. The summed E-state index contributed by atoms with van der Waals surface area (Å²) in [4.78, 5) is 9.32. The van der Waals surface area contributed by atoms with Crippen molar-refractivity contribution in [1.82, 2.24) is 15.5 Å². The highest BCUT2D eigenvalue weighted by atomic mass is 127. The van der Waals surface area contributed by atoms with Crippen molar-refractivity contribution in [3.63, 3.8) is 0 Å². The Morgan fingerprint density at radius 2 is 1.68 bits per heavy atom. The van der Waals surface area contributed by atoms with E-state index in [9.17, 15) is 0 Å². The number of guanidine groups is 1. The summed E-state index contributed by atoms with van der Waals surface area (Å²) in [5.74, 6) is 2.57. The maximum absolute atomic E-state index is 5.42. The second-order valence-corrected chi connectivity index (χ2v) is 8.39. The summed E-state index contributed by atoms with van der Waals surface area (Å²) in [5, 5.41) is 7.11. The molecule has 0 aromatic heterocycles. The first kappa shape index (κ1) is 25.8. The molecule has 1 aromatic rings. The first-order valence-corrected chi connectivity index (χ1v) is 11.3. The minimum atomic E-state index is 0. The number of nitrogens with one attached hydrogen (secondary N) is 2.